The molecule has 188 valence electrons. The molecule has 8 nitrogen and oxygen atoms in total. The molecule has 0 bridgehead atoms. The van der Waals surface area contributed by atoms with Crippen molar-refractivity contribution < 1.29 is 18.3 Å². The maximum atomic E-state index is 15.6. The molecular formula is C26H28F2N6O2. The second kappa shape index (κ2) is 10.7. The number of anilines is 4. The normalized spacial score (nSPS) is 14.3. The van der Waals surface area contributed by atoms with Gasteiger partial charge in [0.1, 0.15) is 0 Å². The highest BCUT2D eigenvalue weighted by Gasteiger charge is 2.39. The van der Waals surface area contributed by atoms with Crippen molar-refractivity contribution in [1.82, 2.24) is 14.9 Å². The van der Waals surface area contributed by atoms with E-state index in [0.29, 0.717) is 5.69 Å². The van der Waals surface area contributed by atoms with E-state index in [-0.39, 0.29) is 22.9 Å². The number of aromatic nitrogens is 2. The average Bonchev–Trinajstić information content (AvgIpc) is 2.89. The third kappa shape index (κ3) is 5.60. The minimum Gasteiger partial charge on any atom is -0.493 e. The van der Waals surface area contributed by atoms with Crippen molar-refractivity contribution in [2.45, 2.75) is 5.92 Å². The second-order valence-electron chi connectivity index (χ2n) is 8.42. The Labute approximate surface area is 208 Å². The number of nitrogens with zero attached hydrogens (tertiary/aromatic N) is 4. The Morgan fingerprint density at radius 1 is 1.11 bits per heavy atom. The van der Waals surface area contributed by atoms with Gasteiger partial charge in [-0.25, -0.2) is 9.97 Å². The Bertz CT molecular complexity index is 1230. The van der Waals surface area contributed by atoms with Gasteiger partial charge in [0.05, 0.1) is 13.3 Å². The van der Waals surface area contributed by atoms with E-state index < -0.39 is 17.5 Å². The molecule has 1 amide bonds. The lowest BCUT2D eigenvalue weighted by Gasteiger charge is -2.34. The Balaban J connectivity index is 1.56. The summed E-state index contributed by atoms with van der Waals surface area (Å²) in [5, 5.41) is 5.48. The summed E-state index contributed by atoms with van der Waals surface area (Å²) in [7, 11) is 3.39. The van der Waals surface area contributed by atoms with Crippen LogP contribution in [-0.2, 0) is 10.7 Å². The van der Waals surface area contributed by atoms with Crippen LogP contribution in [0.2, 0.25) is 0 Å². The van der Waals surface area contributed by atoms with E-state index >= 15 is 8.78 Å². The number of hydrogen-bond acceptors (Lipinski definition) is 7. The predicted molar refractivity (Wildman–Crippen MR) is 136 cm³/mol. The molecule has 0 unspecified atom stereocenters. The second-order valence-corrected chi connectivity index (χ2v) is 8.42. The van der Waals surface area contributed by atoms with Gasteiger partial charge in [0.25, 0.3) is 0 Å². The molecule has 0 atom stereocenters. The largest absolute Gasteiger partial charge is 0.493 e. The fraction of sp³-hybridized carbons (Fsp3) is 0.269. The van der Waals surface area contributed by atoms with Crippen molar-refractivity contribution >= 4 is 28.9 Å². The first-order chi connectivity index (χ1) is 17.3. The van der Waals surface area contributed by atoms with Gasteiger partial charge in [-0.3, -0.25) is 4.79 Å². The first-order valence-electron chi connectivity index (χ1n) is 11.4. The number of ether oxygens (including phenoxy) is 1. The predicted octanol–water partition coefficient (Wildman–Crippen LogP) is 4.25. The van der Waals surface area contributed by atoms with Crippen LogP contribution in [-0.4, -0.2) is 61.1 Å². The van der Waals surface area contributed by atoms with E-state index in [2.05, 4.69) is 44.0 Å². The highest BCUT2D eigenvalue weighted by atomic mass is 19.3. The molecule has 0 radical (unpaired) electrons. The van der Waals surface area contributed by atoms with E-state index in [9.17, 15) is 4.79 Å². The molecule has 0 spiro atoms. The first-order valence-corrected chi connectivity index (χ1v) is 11.4. The molecule has 1 aliphatic rings. The number of benzene rings is 2. The molecule has 1 saturated heterocycles. The van der Waals surface area contributed by atoms with Crippen molar-refractivity contribution in [3.8, 4) is 5.75 Å². The van der Waals surface area contributed by atoms with Gasteiger partial charge in [-0.2, -0.15) is 8.78 Å². The van der Waals surface area contributed by atoms with E-state index in [4.69, 9.17) is 4.74 Å². The molecule has 2 heterocycles. The number of amides is 1. The third-order valence-electron chi connectivity index (χ3n) is 5.94. The summed E-state index contributed by atoms with van der Waals surface area (Å²) in [6.07, 6.45) is 2.27. The smallest absolute Gasteiger partial charge is 0.318 e. The summed E-state index contributed by atoms with van der Waals surface area (Å²) >= 11 is 0. The summed E-state index contributed by atoms with van der Waals surface area (Å²) in [4.78, 5) is 24.4. The van der Waals surface area contributed by atoms with Gasteiger partial charge in [0.2, 0.25) is 11.9 Å². The quantitative estimate of drug-likeness (QED) is 0.453. The Kier molecular flexibility index (Phi) is 7.44. The van der Waals surface area contributed by atoms with Crippen LogP contribution in [0.15, 0.2) is 67.4 Å². The molecule has 0 aliphatic carbocycles. The number of hydrogen-bond donors (Lipinski definition) is 2. The van der Waals surface area contributed by atoms with E-state index in [1.807, 2.05) is 24.3 Å². The highest BCUT2D eigenvalue weighted by Crippen LogP contribution is 2.40. The van der Waals surface area contributed by atoms with Crippen molar-refractivity contribution in [3.05, 3.63) is 78.6 Å². The standard InChI is InChI=1S/C26H28F2N6O2/c1-4-23(35)30-20-7-5-6-18(16-20)26(27,28)24-22(36-3)17-29-25(32-24)31-19-8-10-21(11-9-19)34-14-12-33(2)13-15-34/h4-11,16-17H,1,12-15H2,2-3H3,(H,30,35)(H,29,31,32). The van der Waals surface area contributed by atoms with E-state index in [1.165, 1.54) is 37.6 Å². The van der Waals surface area contributed by atoms with E-state index in [1.54, 1.807) is 0 Å². The van der Waals surface area contributed by atoms with Crippen molar-refractivity contribution in [1.29, 1.82) is 0 Å². The van der Waals surface area contributed by atoms with Gasteiger partial charge < -0.3 is 25.2 Å². The molecular weight excluding hydrogens is 466 g/mol. The maximum Gasteiger partial charge on any atom is 0.318 e. The Morgan fingerprint density at radius 2 is 1.83 bits per heavy atom. The summed E-state index contributed by atoms with van der Waals surface area (Å²) in [5.41, 5.74) is 1.03. The number of methoxy groups -OCH3 is 1. The summed E-state index contributed by atoms with van der Waals surface area (Å²) in [6.45, 7) is 7.26. The summed E-state index contributed by atoms with van der Waals surface area (Å²) in [5.74, 6) is -4.17. The van der Waals surface area contributed by atoms with Gasteiger partial charge >= 0.3 is 5.92 Å². The van der Waals surface area contributed by atoms with Gasteiger partial charge in [0.15, 0.2) is 11.4 Å². The fourth-order valence-corrected chi connectivity index (χ4v) is 3.88. The van der Waals surface area contributed by atoms with Crippen molar-refractivity contribution in [2.24, 2.45) is 0 Å². The zero-order valence-electron chi connectivity index (χ0n) is 20.2. The topological polar surface area (TPSA) is 82.6 Å². The first kappa shape index (κ1) is 25.1. The molecule has 10 heteroatoms. The molecule has 0 saturated carbocycles. The van der Waals surface area contributed by atoms with Gasteiger partial charge in [-0.1, -0.05) is 18.7 Å². The zero-order chi connectivity index (χ0) is 25.7. The van der Waals surface area contributed by atoms with Crippen molar-refractivity contribution in [3.63, 3.8) is 0 Å². The molecule has 2 aromatic carbocycles. The van der Waals surface area contributed by atoms with Crippen LogP contribution in [0.5, 0.6) is 5.75 Å². The number of alkyl halides is 2. The zero-order valence-corrected chi connectivity index (χ0v) is 20.2. The summed E-state index contributed by atoms with van der Waals surface area (Å²) < 4.78 is 36.3. The molecule has 2 N–H and O–H groups in total. The monoisotopic (exact) mass is 494 g/mol. The van der Waals surface area contributed by atoms with Crippen LogP contribution in [0.25, 0.3) is 0 Å². The molecule has 3 aromatic rings. The number of piperazine rings is 1. The minimum absolute atomic E-state index is 0.00828. The number of carbonyl (C=O) groups is 1. The molecule has 1 aliphatic heterocycles. The number of carbonyl (C=O) groups excluding carboxylic acids is 1. The fourth-order valence-electron chi connectivity index (χ4n) is 3.88. The molecule has 1 aromatic heterocycles. The highest BCUT2D eigenvalue weighted by molar-refractivity contribution is 5.98. The van der Waals surface area contributed by atoms with Crippen LogP contribution in [0.4, 0.5) is 31.8 Å². The van der Waals surface area contributed by atoms with Gasteiger partial charge in [0, 0.05) is 48.8 Å². The number of halogens is 2. The average molecular weight is 495 g/mol. The maximum absolute atomic E-state index is 15.6. The summed E-state index contributed by atoms with van der Waals surface area (Å²) in [6, 6.07) is 13.1. The molecule has 36 heavy (non-hydrogen) atoms. The van der Waals surface area contributed by atoms with Crippen LogP contribution in [0.1, 0.15) is 11.3 Å². The van der Waals surface area contributed by atoms with Gasteiger partial charge in [-0.05, 0) is 49.5 Å². The molecule has 4 rings (SSSR count). The van der Waals surface area contributed by atoms with E-state index in [0.717, 1.165) is 37.9 Å². The molecule has 1 fully saturated rings. The SMILES string of the molecule is C=CC(=O)Nc1cccc(C(F)(F)c2nc(Nc3ccc(N4CCN(C)CC4)cc3)ncc2OC)c1. The van der Waals surface area contributed by atoms with Crippen LogP contribution in [0.3, 0.4) is 0 Å². The van der Waals surface area contributed by atoms with Crippen LogP contribution >= 0.6 is 0 Å². The van der Waals surface area contributed by atoms with Crippen molar-refractivity contribution in [2.75, 3.05) is 55.9 Å². The lowest BCUT2D eigenvalue weighted by Crippen LogP contribution is -2.44. The van der Waals surface area contributed by atoms with Gasteiger partial charge in [-0.15, -0.1) is 0 Å². The lowest BCUT2D eigenvalue weighted by atomic mass is 10.0. The lowest BCUT2D eigenvalue weighted by molar-refractivity contribution is -0.111. The van der Waals surface area contributed by atoms with Crippen LogP contribution in [0, 0.1) is 0 Å². The number of likely N-dealkylation sites (N-methyl/N-ethyl adjacent to an activating group) is 1. The minimum atomic E-state index is -3.52. The number of rotatable bonds is 8. The van der Waals surface area contributed by atoms with Crippen LogP contribution < -0.4 is 20.3 Å². The Hall–Kier alpha value is -4.05. The number of nitrogens with one attached hydrogen (secondary N) is 2. The third-order valence-corrected chi connectivity index (χ3v) is 5.94. The Morgan fingerprint density at radius 3 is 2.50 bits per heavy atom.